The Morgan fingerprint density at radius 3 is 1.36 bits per heavy atom. The van der Waals surface area contributed by atoms with Crippen molar-refractivity contribution < 1.29 is 69.5 Å². The van der Waals surface area contributed by atoms with E-state index in [0.717, 1.165) is 4.57 Å². The highest BCUT2D eigenvalue weighted by Gasteiger charge is 2.49. The van der Waals surface area contributed by atoms with Crippen LogP contribution < -0.4 is 40.5 Å². The minimum Gasteiger partial charge on any atom is -0.497 e. The smallest absolute Gasteiger partial charge is 0.497 e. The van der Waals surface area contributed by atoms with Gasteiger partial charge in [-0.1, -0.05) is 114 Å². The number of nitrogens with zero attached hydrogens (tertiary/aromatic N) is 5. The van der Waals surface area contributed by atoms with Crippen molar-refractivity contribution in [1.82, 2.24) is 19.1 Å². The third kappa shape index (κ3) is 16.7. The van der Waals surface area contributed by atoms with Crippen LogP contribution in [0.5, 0.6) is 23.0 Å². The Labute approximate surface area is 560 Å². The number of halogens is 2. The highest BCUT2D eigenvalue weighted by atomic mass is 35.5. The summed E-state index contributed by atoms with van der Waals surface area (Å²) in [7, 11) is -6.83. The molecule has 2 fully saturated rings. The summed E-state index contributed by atoms with van der Waals surface area (Å²) in [5.41, 5.74) is -0.576. The lowest BCUT2D eigenvalue weighted by Gasteiger charge is -2.37. The molecule has 2 aliphatic rings. The summed E-state index contributed by atoms with van der Waals surface area (Å²) >= 11 is 12.5. The molecule has 2 unspecified atom stereocenters. The van der Waals surface area contributed by atoms with Crippen LogP contribution in [0.15, 0.2) is 222 Å². The van der Waals surface area contributed by atoms with Crippen LogP contribution in [0.1, 0.15) is 69.1 Å². The predicted molar refractivity (Wildman–Crippen MR) is 352 cm³/mol. The molecule has 0 saturated carbocycles. The molecule has 2 saturated heterocycles. The summed E-state index contributed by atoms with van der Waals surface area (Å²) in [6, 6.07) is 56.9. The van der Waals surface area contributed by atoms with Gasteiger partial charge in [-0.3, -0.25) is 36.8 Å². The minimum absolute atomic E-state index is 0.000719. The quantitative estimate of drug-likeness (QED) is 0.0262. The molecule has 0 bridgehead atoms. The van der Waals surface area contributed by atoms with Crippen LogP contribution in [-0.2, 0) is 47.0 Å². The Morgan fingerprint density at radius 2 is 0.948 bits per heavy atom. The van der Waals surface area contributed by atoms with Crippen molar-refractivity contribution in [1.29, 1.82) is 5.26 Å². The average molecular weight is 1380 g/mol. The van der Waals surface area contributed by atoms with Gasteiger partial charge in [-0.2, -0.15) is 15.2 Å². The molecule has 28 heteroatoms. The topological polar surface area (TPSA) is 287 Å². The first-order valence-corrected chi connectivity index (χ1v) is 33.5. The summed E-state index contributed by atoms with van der Waals surface area (Å²) < 4.78 is 102. The van der Waals surface area contributed by atoms with Gasteiger partial charge in [-0.05, 0) is 126 Å². The predicted octanol–water partition coefficient (Wildman–Crippen LogP) is 13.0. The van der Waals surface area contributed by atoms with E-state index in [4.69, 9.17) is 74.0 Å². The molecule has 11 rings (SSSR count). The number of nitriles is 1. The molecule has 0 spiro atoms. The monoisotopic (exact) mass is 1380 g/mol. The van der Waals surface area contributed by atoms with Crippen LogP contribution in [0, 0.1) is 11.3 Å². The van der Waals surface area contributed by atoms with Gasteiger partial charge in [0, 0.05) is 46.4 Å². The zero-order valence-corrected chi connectivity index (χ0v) is 54.5. The lowest BCUT2D eigenvalue weighted by atomic mass is 9.80. The van der Waals surface area contributed by atoms with Crippen LogP contribution in [0.25, 0.3) is 0 Å². The van der Waals surface area contributed by atoms with Crippen LogP contribution in [-0.4, -0.2) is 89.4 Å². The number of hydrogen-bond donors (Lipinski definition) is 2. The first kappa shape index (κ1) is 68.1. The summed E-state index contributed by atoms with van der Waals surface area (Å²) in [6.07, 6.45) is -6.10. The number of phosphoric acid groups is 2. The SMILES string of the molecule is COc1ccc(C(OC[C@H]2O[C@@H](n3ccc(NC(=O)c4ccccc4)nc3=O)C[C@@H]2OP(=O)(OC[C@H]2O[C@@H](n3ccc(NC(=O)c4ccccc4)nc3=O)C[C@@H]2OP(=O)(OCCC#N)Oc2ccc(Cl)cc2)Oc2ccc(Cl)cc2)(c2ccccc2)c2ccc(OC)cc2)cc1. The third-order valence-corrected chi connectivity index (χ3v) is 18.7. The van der Waals surface area contributed by atoms with Gasteiger partial charge < -0.3 is 43.4 Å². The van der Waals surface area contributed by atoms with E-state index in [2.05, 4.69) is 20.6 Å². The van der Waals surface area contributed by atoms with Crippen LogP contribution in [0.4, 0.5) is 11.6 Å². The molecule has 2 aliphatic heterocycles. The summed E-state index contributed by atoms with van der Waals surface area (Å²) in [5.74, 6) is -0.0981. The van der Waals surface area contributed by atoms with Crippen LogP contribution in [0.2, 0.25) is 10.0 Å². The van der Waals surface area contributed by atoms with E-state index in [1.165, 1.54) is 77.6 Å². The molecule has 4 heterocycles. The van der Waals surface area contributed by atoms with E-state index in [1.54, 1.807) is 99.1 Å². The Kier molecular flexibility index (Phi) is 22.0. The third-order valence-electron chi connectivity index (χ3n) is 15.3. The number of ether oxygens (including phenoxy) is 5. The second-order valence-corrected chi connectivity index (χ2v) is 25.5. The molecule has 9 aromatic rings. The molecule has 0 aliphatic carbocycles. The Morgan fingerprint density at radius 1 is 0.552 bits per heavy atom. The fourth-order valence-electron chi connectivity index (χ4n) is 10.6. The van der Waals surface area contributed by atoms with E-state index in [1.807, 2.05) is 60.7 Å². The molecule has 2 N–H and O–H groups in total. The standard InChI is InChI=1S/C68H61Cl2N7O17P2/c1-84-52-27-19-48(20-28-52)68(47-17-10-5-11-18-47,49-21-29-53(85-2)30-22-49)86-43-58-56(41-62(89-58)76-38-35-60(74-66(76)80)72-64(78)45-13-6-3-7-14-45)94-96(83,92-55-33-25-51(70)26-34-55)88-44-59-57(93-95(82,87-40-12-37-71)91-54-31-23-50(69)24-32-54)42-63(90-59)77-39-36-61(75-67(77)81)73-65(79)46-15-8-4-9-16-46/h3-11,13-36,38-39,56-59,62-63H,12,40-44H2,1-2H3,(H,72,74,78,80)(H,73,75,79,81)/t56-,57-,58+,59+,62+,63+,95?,96?/m0/s1. The minimum atomic E-state index is -5.13. The number of rotatable bonds is 28. The van der Waals surface area contributed by atoms with Gasteiger partial charge in [0.25, 0.3) is 11.8 Å². The fraction of sp³-hybridized carbons (Fsp3) is 0.221. The number of amides is 2. The second kappa shape index (κ2) is 31.1. The number of aromatic nitrogens is 4. The first-order chi connectivity index (χ1) is 46.5. The van der Waals surface area contributed by atoms with Gasteiger partial charge in [0.1, 0.15) is 77.1 Å². The van der Waals surface area contributed by atoms with Gasteiger partial charge in [0.05, 0.1) is 46.5 Å². The van der Waals surface area contributed by atoms with Gasteiger partial charge in [-0.15, -0.1) is 0 Å². The number of phosphoric ester groups is 2. The summed E-state index contributed by atoms with van der Waals surface area (Å²) in [6.45, 7) is -1.56. The maximum atomic E-state index is 16.1. The van der Waals surface area contributed by atoms with Gasteiger partial charge in [0.2, 0.25) is 0 Å². The Balaban J connectivity index is 0.956. The number of hydrogen-bond acceptors (Lipinski definition) is 20. The van der Waals surface area contributed by atoms with Gasteiger partial charge >= 0.3 is 27.0 Å². The van der Waals surface area contributed by atoms with Crippen molar-refractivity contribution in [3.63, 3.8) is 0 Å². The van der Waals surface area contributed by atoms with E-state index >= 15 is 4.57 Å². The molecule has 2 aromatic heterocycles. The number of anilines is 2. The molecule has 7 aromatic carbocycles. The first-order valence-electron chi connectivity index (χ1n) is 29.9. The van der Waals surface area contributed by atoms with Crippen LogP contribution >= 0.6 is 38.8 Å². The van der Waals surface area contributed by atoms with Crippen molar-refractivity contribution in [2.24, 2.45) is 0 Å². The van der Waals surface area contributed by atoms with E-state index in [9.17, 15) is 29.0 Å². The average Bonchev–Trinajstić information content (AvgIpc) is 0.899. The molecule has 24 nitrogen and oxygen atoms in total. The molecular weight excluding hydrogens is 1320 g/mol. The second-order valence-electron chi connectivity index (χ2n) is 21.5. The lowest BCUT2D eigenvalue weighted by molar-refractivity contribution is -0.0949. The summed E-state index contributed by atoms with van der Waals surface area (Å²) in [4.78, 5) is 62.7. The van der Waals surface area contributed by atoms with Gasteiger partial charge in [0.15, 0.2) is 0 Å². The molecule has 494 valence electrons. The molecule has 2 amide bonds. The molecular formula is C68H61Cl2N7O17P2. The van der Waals surface area contributed by atoms with Crippen molar-refractivity contribution in [3.8, 4) is 29.1 Å². The summed E-state index contributed by atoms with van der Waals surface area (Å²) in [5, 5.41) is 15.4. The number of carbonyl (C=O) groups excluding carboxylic acids is 2. The molecule has 8 atom stereocenters. The Bertz CT molecular complexity index is 4360. The van der Waals surface area contributed by atoms with E-state index in [-0.39, 0.29) is 49.0 Å². The van der Waals surface area contributed by atoms with Crippen molar-refractivity contribution in [2.75, 3.05) is 44.7 Å². The van der Waals surface area contributed by atoms with Crippen LogP contribution in [0.3, 0.4) is 0 Å². The normalized spacial score (nSPS) is 18.8. The molecule has 96 heavy (non-hydrogen) atoms. The van der Waals surface area contributed by atoms with Crippen molar-refractivity contribution in [3.05, 3.63) is 271 Å². The van der Waals surface area contributed by atoms with Crippen molar-refractivity contribution >= 4 is 62.3 Å². The fourth-order valence-corrected chi connectivity index (χ4v) is 13.7. The zero-order valence-electron chi connectivity index (χ0n) is 51.2. The van der Waals surface area contributed by atoms with E-state index in [0.29, 0.717) is 49.4 Å². The zero-order chi connectivity index (χ0) is 67.2. The maximum Gasteiger partial charge on any atom is 0.530 e. The van der Waals surface area contributed by atoms with Gasteiger partial charge in [-0.25, -0.2) is 18.7 Å². The highest BCUT2D eigenvalue weighted by Crippen LogP contribution is 2.57. The number of carbonyl (C=O) groups is 2. The van der Waals surface area contributed by atoms with Crippen molar-refractivity contribution in [2.45, 2.75) is 61.7 Å². The highest BCUT2D eigenvalue weighted by molar-refractivity contribution is 7.49. The Hall–Kier alpha value is -9.31. The largest absolute Gasteiger partial charge is 0.530 e. The van der Waals surface area contributed by atoms with E-state index < -0.39 is 94.5 Å². The molecule has 0 radical (unpaired) electrons. The lowest BCUT2D eigenvalue weighted by Crippen LogP contribution is -2.38. The number of nitrogens with one attached hydrogen (secondary N) is 2. The number of benzene rings is 7. The maximum absolute atomic E-state index is 16.1. The number of methoxy groups -OCH3 is 2.